The maximum absolute atomic E-state index is 13.2. The average molecular weight is 878 g/mol. The molecule has 1 aliphatic rings. The summed E-state index contributed by atoms with van der Waals surface area (Å²) in [6, 6.07) is 33.2. The van der Waals surface area contributed by atoms with Crippen molar-refractivity contribution in [3.63, 3.8) is 0 Å². The molecule has 1 fully saturated rings. The van der Waals surface area contributed by atoms with Crippen LogP contribution in [0.25, 0.3) is 0 Å². The zero-order valence-corrected chi connectivity index (χ0v) is 40.3. The Labute approximate surface area is 375 Å². The van der Waals surface area contributed by atoms with E-state index in [0.29, 0.717) is 13.1 Å². The maximum atomic E-state index is 13.2. The molecule has 10 atom stereocenters. The van der Waals surface area contributed by atoms with E-state index >= 15 is 0 Å². The molecule has 8 nitrogen and oxygen atoms in total. The smallest absolute Gasteiger partial charge is 0.126 e. The number of cyclic esters (lactones) is 1. The number of benzene rings is 3. The molecular formula is C53H84NO7P. The molecule has 348 valence electrons. The third kappa shape index (κ3) is 13.9. The molecule has 1 heterocycles. The van der Waals surface area contributed by atoms with E-state index in [1.807, 2.05) is 13.8 Å². The molecule has 0 aliphatic carbocycles. The number of ether oxygens (including phenoxy) is 1. The monoisotopic (exact) mass is 878 g/mol. The number of unbranched alkanes of at least 4 members (excludes halogenated alkanes) is 11. The Morgan fingerprint density at radius 3 is 1.50 bits per heavy atom. The average Bonchev–Trinajstić information content (AvgIpc) is 3.27. The van der Waals surface area contributed by atoms with Gasteiger partial charge in [0, 0.05) is 18.5 Å². The molecule has 1 aliphatic heterocycles. The minimum atomic E-state index is -2.15. The van der Waals surface area contributed by atoms with Crippen LogP contribution in [0.15, 0.2) is 91.0 Å². The molecule has 3 aromatic carbocycles. The number of carbonyl (C=O) groups is 1. The van der Waals surface area contributed by atoms with Crippen LogP contribution >= 0.6 is 7.26 Å². The summed E-state index contributed by atoms with van der Waals surface area (Å²) in [5.41, 5.74) is -3.26. The first kappa shape index (κ1) is 51.9. The molecule has 0 spiro atoms. The molecule has 62 heavy (non-hydrogen) atoms. The summed E-state index contributed by atoms with van der Waals surface area (Å²) in [5.74, 6) is -2.61. The van der Waals surface area contributed by atoms with Crippen LogP contribution in [0.5, 0.6) is 0 Å². The van der Waals surface area contributed by atoms with Gasteiger partial charge in [0.05, 0.1) is 23.7 Å². The number of rotatable bonds is 19. The van der Waals surface area contributed by atoms with Crippen LogP contribution in [0.1, 0.15) is 138 Å². The summed E-state index contributed by atoms with van der Waals surface area (Å²) in [7, 11) is -2.15. The SMILES string of the molecule is CC[C@H]1OC(=O)[C@H](C)[C@@H](O)[C@H](C)[C@@H](O)[C@](C)(O)C[C@@H](C)CN(CCCCCCCCCCCCCC[PH](c2ccccc2)(c2ccccc2)c2ccccc2)[C@H](C)[C@@H](O)[C@]1(C)O. The Hall–Kier alpha value is -2.68. The van der Waals surface area contributed by atoms with E-state index in [1.165, 1.54) is 93.7 Å². The molecule has 0 aromatic heterocycles. The van der Waals surface area contributed by atoms with E-state index in [9.17, 15) is 30.3 Å². The zero-order valence-electron chi connectivity index (χ0n) is 39.3. The van der Waals surface area contributed by atoms with Crippen molar-refractivity contribution in [2.75, 3.05) is 19.3 Å². The van der Waals surface area contributed by atoms with Gasteiger partial charge in [-0.1, -0.05) is 20.8 Å². The Kier molecular flexibility index (Phi) is 21.1. The van der Waals surface area contributed by atoms with Gasteiger partial charge in [-0.2, -0.15) is 0 Å². The Bertz CT molecular complexity index is 1600. The van der Waals surface area contributed by atoms with Crippen molar-refractivity contribution in [2.45, 2.75) is 180 Å². The van der Waals surface area contributed by atoms with Gasteiger partial charge in [-0.3, -0.25) is 9.69 Å². The zero-order chi connectivity index (χ0) is 45.3. The second-order valence-electron chi connectivity index (χ2n) is 19.5. The van der Waals surface area contributed by atoms with Crippen LogP contribution in [0.3, 0.4) is 0 Å². The third-order valence-corrected chi connectivity index (χ3v) is 19.4. The van der Waals surface area contributed by atoms with Crippen LogP contribution in [0.2, 0.25) is 0 Å². The van der Waals surface area contributed by atoms with Crippen LogP contribution < -0.4 is 15.9 Å². The predicted molar refractivity (Wildman–Crippen MR) is 259 cm³/mol. The van der Waals surface area contributed by atoms with Crippen molar-refractivity contribution < 1.29 is 35.1 Å². The Morgan fingerprint density at radius 1 is 0.645 bits per heavy atom. The summed E-state index contributed by atoms with van der Waals surface area (Å²) < 4.78 is 5.75. The number of aliphatic hydroxyl groups is 5. The molecule has 9 heteroatoms. The molecule has 0 bridgehead atoms. The van der Waals surface area contributed by atoms with Gasteiger partial charge in [0.15, 0.2) is 0 Å². The number of nitrogens with zero attached hydrogens (tertiary/aromatic N) is 1. The third-order valence-electron chi connectivity index (χ3n) is 14.3. The number of esters is 1. The largest absolute Gasteiger partial charge is 0.388 e. The number of hydrogen-bond acceptors (Lipinski definition) is 8. The van der Waals surface area contributed by atoms with Crippen LogP contribution in [-0.4, -0.2) is 97.3 Å². The second-order valence-corrected chi connectivity index (χ2v) is 23.5. The molecule has 4 rings (SSSR count). The first-order valence-corrected chi connectivity index (χ1v) is 26.4. The van der Waals surface area contributed by atoms with E-state index in [-0.39, 0.29) is 18.8 Å². The molecule has 0 amide bonds. The quantitative estimate of drug-likeness (QED) is 0.0462. The summed E-state index contributed by atoms with van der Waals surface area (Å²) >= 11 is 0. The predicted octanol–water partition coefficient (Wildman–Crippen LogP) is 8.30. The molecule has 0 radical (unpaired) electrons. The van der Waals surface area contributed by atoms with Crippen molar-refractivity contribution >= 4 is 29.1 Å². The topological polar surface area (TPSA) is 131 Å². The van der Waals surface area contributed by atoms with E-state index < -0.39 is 66.7 Å². The molecule has 0 unspecified atom stereocenters. The fourth-order valence-electron chi connectivity index (χ4n) is 10.4. The van der Waals surface area contributed by atoms with Gasteiger partial charge in [-0.05, 0) is 59.4 Å². The summed E-state index contributed by atoms with van der Waals surface area (Å²) in [6.07, 6.45) is 11.4. The molecule has 3 aromatic rings. The first-order valence-electron chi connectivity index (χ1n) is 24.2. The Balaban J connectivity index is 1.22. The van der Waals surface area contributed by atoms with Gasteiger partial charge in [-0.15, -0.1) is 0 Å². The number of carbonyl (C=O) groups excluding carboxylic acids is 1. The molecular weight excluding hydrogens is 794 g/mol. The minimum absolute atomic E-state index is 0.0701. The van der Waals surface area contributed by atoms with Crippen molar-refractivity contribution in [2.24, 2.45) is 17.8 Å². The van der Waals surface area contributed by atoms with Crippen LogP contribution in [0.4, 0.5) is 0 Å². The maximum Gasteiger partial charge on any atom is 0.126 e. The van der Waals surface area contributed by atoms with Gasteiger partial charge >= 0.3 is 197 Å². The Morgan fingerprint density at radius 2 is 1.06 bits per heavy atom. The van der Waals surface area contributed by atoms with Gasteiger partial charge in [-0.25, -0.2) is 0 Å². The number of aliphatic hydroxyl groups excluding tert-OH is 3. The van der Waals surface area contributed by atoms with Crippen LogP contribution in [-0.2, 0) is 9.53 Å². The van der Waals surface area contributed by atoms with Gasteiger partial charge in [0.25, 0.3) is 0 Å². The molecule has 5 N–H and O–H groups in total. The van der Waals surface area contributed by atoms with Gasteiger partial charge in [0.1, 0.15) is 17.8 Å². The van der Waals surface area contributed by atoms with E-state index in [0.717, 1.165) is 19.3 Å². The minimum Gasteiger partial charge on any atom is -0.388 e. The van der Waals surface area contributed by atoms with Gasteiger partial charge < -0.3 is 30.3 Å². The summed E-state index contributed by atoms with van der Waals surface area (Å²) in [6.45, 7) is 13.2. The fraction of sp³-hybridized carbons (Fsp3) is 0.642. The first-order chi connectivity index (χ1) is 29.6. The standard InChI is InChI=1S/C53H84NO7P/c1-8-47-53(7,60)50(57)43(5)54(39-40(2)38-52(6,59)49(56)41(3)48(55)42(4)51(58)61-47)36-28-17-15-13-11-9-10-12-14-16-18-29-37-62(44-30-22-19-23-31-44,45-32-24-20-25-33-45)46-34-26-21-27-35-46/h19-27,30-35,40-43,47-50,55-57,59-60,62H,8-18,28-29,36-39H2,1-7H3/t40-,41+,42-,43-,47-,48+,49-,50-,52-,53-/m1/s1. The van der Waals surface area contributed by atoms with E-state index in [1.54, 1.807) is 20.8 Å². The molecule has 1 saturated heterocycles. The fourth-order valence-corrected chi connectivity index (χ4v) is 15.3. The van der Waals surface area contributed by atoms with E-state index in [2.05, 4.69) is 95.9 Å². The van der Waals surface area contributed by atoms with Gasteiger partial charge in [0.2, 0.25) is 0 Å². The normalized spacial score (nSPS) is 30.0. The van der Waals surface area contributed by atoms with Crippen molar-refractivity contribution in [3.8, 4) is 0 Å². The second kappa shape index (κ2) is 25.1. The van der Waals surface area contributed by atoms with Crippen molar-refractivity contribution in [1.82, 2.24) is 4.90 Å². The summed E-state index contributed by atoms with van der Waals surface area (Å²) in [5, 5.41) is 61.5. The van der Waals surface area contributed by atoms with Crippen molar-refractivity contribution in [1.29, 1.82) is 0 Å². The summed E-state index contributed by atoms with van der Waals surface area (Å²) in [4.78, 5) is 15.4. The number of hydrogen-bond donors (Lipinski definition) is 5. The van der Waals surface area contributed by atoms with Crippen molar-refractivity contribution in [3.05, 3.63) is 91.0 Å². The van der Waals surface area contributed by atoms with E-state index in [4.69, 9.17) is 4.74 Å². The molecule has 0 saturated carbocycles. The van der Waals surface area contributed by atoms with Crippen LogP contribution in [0, 0.1) is 17.8 Å².